The summed E-state index contributed by atoms with van der Waals surface area (Å²) in [6.45, 7) is 20.0. The number of piperazine rings is 1. The summed E-state index contributed by atoms with van der Waals surface area (Å²) < 4.78 is 11.2. The minimum absolute atomic E-state index is 0.388. The van der Waals surface area contributed by atoms with Crippen molar-refractivity contribution in [3.8, 4) is 0 Å². The van der Waals surface area contributed by atoms with Crippen molar-refractivity contribution in [2.45, 2.75) is 84.7 Å². The average molecular weight is 512 g/mol. The van der Waals surface area contributed by atoms with E-state index in [1.165, 1.54) is 63.1 Å². The summed E-state index contributed by atoms with van der Waals surface area (Å²) in [5.41, 5.74) is 5.33. The van der Waals surface area contributed by atoms with Gasteiger partial charge in [-0.15, -0.1) is 0 Å². The van der Waals surface area contributed by atoms with Crippen LogP contribution in [0.15, 0.2) is 18.2 Å². The summed E-state index contributed by atoms with van der Waals surface area (Å²) >= 11 is 0. The highest BCUT2D eigenvalue weighted by Crippen LogP contribution is 2.53. The first-order valence-electron chi connectivity index (χ1n) is 15.2. The zero-order valence-electron chi connectivity index (χ0n) is 24.4. The van der Waals surface area contributed by atoms with Crippen LogP contribution in [-0.2, 0) is 9.47 Å². The van der Waals surface area contributed by atoms with Crippen molar-refractivity contribution in [3.05, 3.63) is 23.8 Å². The first-order valence-corrected chi connectivity index (χ1v) is 15.2. The predicted molar refractivity (Wildman–Crippen MR) is 155 cm³/mol. The maximum atomic E-state index is 5.65. The molecule has 0 bridgehead atoms. The van der Waals surface area contributed by atoms with Crippen molar-refractivity contribution in [2.75, 3.05) is 75.9 Å². The molecule has 4 fully saturated rings. The van der Waals surface area contributed by atoms with Gasteiger partial charge in [0.15, 0.2) is 0 Å². The molecule has 3 saturated heterocycles. The van der Waals surface area contributed by atoms with Gasteiger partial charge in [-0.25, -0.2) is 0 Å². The van der Waals surface area contributed by atoms with E-state index in [1.54, 1.807) is 5.56 Å². The summed E-state index contributed by atoms with van der Waals surface area (Å²) in [5.74, 6) is 1.45. The Morgan fingerprint density at radius 3 is 2.11 bits per heavy atom. The molecule has 5 rings (SSSR count). The monoisotopic (exact) mass is 511 g/mol. The summed E-state index contributed by atoms with van der Waals surface area (Å²) in [6.07, 6.45) is 9.07. The molecule has 0 aromatic heterocycles. The second-order valence-electron chi connectivity index (χ2n) is 14.1. The van der Waals surface area contributed by atoms with Gasteiger partial charge in [-0.3, -0.25) is 4.90 Å². The molecule has 5 heteroatoms. The van der Waals surface area contributed by atoms with Crippen molar-refractivity contribution in [1.82, 2.24) is 4.90 Å². The molecule has 0 unspecified atom stereocenters. The number of hydrogen-bond acceptors (Lipinski definition) is 5. The van der Waals surface area contributed by atoms with E-state index in [9.17, 15) is 0 Å². The molecular formula is C32H53N3O2. The SMILES string of the molecule is COC1CCN(c2ccc(N3CCN(CC4CCOCC4)CC3)c(C3CC(C)(C)CC(C)(C)C3)c2)CC1. The molecule has 1 aliphatic carbocycles. The van der Waals surface area contributed by atoms with E-state index in [-0.39, 0.29) is 0 Å². The Labute approximate surface area is 226 Å². The topological polar surface area (TPSA) is 28.2 Å². The zero-order chi connectivity index (χ0) is 26.0. The van der Waals surface area contributed by atoms with E-state index in [4.69, 9.17) is 9.47 Å². The van der Waals surface area contributed by atoms with Crippen LogP contribution in [0.2, 0.25) is 0 Å². The number of hydrogen-bond donors (Lipinski definition) is 0. The number of nitrogens with zero attached hydrogens (tertiary/aromatic N) is 3. The van der Waals surface area contributed by atoms with E-state index < -0.39 is 0 Å². The van der Waals surface area contributed by atoms with Gasteiger partial charge in [-0.2, -0.15) is 0 Å². The lowest BCUT2D eigenvalue weighted by molar-refractivity contribution is 0.0517. The van der Waals surface area contributed by atoms with Crippen LogP contribution >= 0.6 is 0 Å². The number of methoxy groups -OCH3 is 1. The molecule has 208 valence electrons. The van der Waals surface area contributed by atoms with Crippen LogP contribution < -0.4 is 9.80 Å². The van der Waals surface area contributed by atoms with E-state index in [2.05, 4.69) is 60.6 Å². The van der Waals surface area contributed by atoms with Gasteiger partial charge in [-0.1, -0.05) is 27.7 Å². The van der Waals surface area contributed by atoms with E-state index in [1.807, 2.05) is 7.11 Å². The fourth-order valence-electron chi connectivity index (χ4n) is 8.23. The molecule has 3 heterocycles. The van der Waals surface area contributed by atoms with Crippen LogP contribution in [0, 0.1) is 16.7 Å². The van der Waals surface area contributed by atoms with E-state index >= 15 is 0 Å². The standard InChI is InChI=1S/C32H53N3O2/c1-31(2)21-26(22-32(3,4)24-31)29-20-27(34-12-8-28(36-5)9-13-34)6-7-30(29)35-16-14-33(15-17-35)23-25-10-18-37-19-11-25/h6-7,20,25-26,28H,8-19,21-24H2,1-5H3. The van der Waals surface area contributed by atoms with Gasteiger partial charge in [0.25, 0.3) is 0 Å². The average Bonchev–Trinajstić information content (AvgIpc) is 2.88. The third kappa shape index (κ3) is 6.83. The van der Waals surface area contributed by atoms with Crippen LogP contribution in [0.5, 0.6) is 0 Å². The minimum atomic E-state index is 0.388. The smallest absolute Gasteiger partial charge is 0.0605 e. The molecule has 3 aliphatic heterocycles. The zero-order valence-corrected chi connectivity index (χ0v) is 24.4. The molecular weight excluding hydrogens is 458 g/mol. The Morgan fingerprint density at radius 1 is 0.838 bits per heavy atom. The number of ether oxygens (including phenoxy) is 2. The van der Waals surface area contributed by atoms with E-state index in [0.29, 0.717) is 22.9 Å². The highest BCUT2D eigenvalue weighted by atomic mass is 16.5. The summed E-state index contributed by atoms with van der Waals surface area (Å²) in [4.78, 5) is 8.03. The lowest BCUT2D eigenvalue weighted by atomic mass is 9.60. The fourth-order valence-corrected chi connectivity index (χ4v) is 8.23. The van der Waals surface area contributed by atoms with Gasteiger partial charge in [-0.05, 0) is 91.4 Å². The number of anilines is 2. The van der Waals surface area contributed by atoms with Crippen molar-refractivity contribution in [1.29, 1.82) is 0 Å². The van der Waals surface area contributed by atoms with Gasteiger partial charge < -0.3 is 19.3 Å². The van der Waals surface area contributed by atoms with Crippen LogP contribution in [-0.4, -0.2) is 77.1 Å². The van der Waals surface area contributed by atoms with Gasteiger partial charge >= 0.3 is 0 Å². The lowest BCUT2D eigenvalue weighted by Crippen LogP contribution is -2.48. The van der Waals surface area contributed by atoms with E-state index in [0.717, 1.165) is 58.2 Å². The first-order chi connectivity index (χ1) is 17.7. The van der Waals surface area contributed by atoms with Crippen molar-refractivity contribution in [2.24, 2.45) is 16.7 Å². The van der Waals surface area contributed by atoms with Crippen molar-refractivity contribution in [3.63, 3.8) is 0 Å². The Hall–Kier alpha value is -1.30. The second kappa shape index (κ2) is 11.4. The normalized spacial score (nSPS) is 26.5. The minimum Gasteiger partial charge on any atom is -0.381 e. The van der Waals surface area contributed by atoms with Gasteiger partial charge in [0.2, 0.25) is 0 Å². The molecule has 4 aliphatic rings. The molecule has 1 aromatic carbocycles. The van der Waals surface area contributed by atoms with Crippen molar-refractivity contribution >= 4 is 11.4 Å². The summed E-state index contributed by atoms with van der Waals surface area (Å²) in [6, 6.07) is 7.49. The largest absolute Gasteiger partial charge is 0.381 e. The molecule has 0 atom stereocenters. The maximum Gasteiger partial charge on any atom is 0.0605 e. The second-order valence-corrected chi connectivity index (χ2v) is 14.1. The van der Waals surface area contributed by atoms with Gasteiger partial charge in [0.1, 0.15) is 0 Å². The molecule has 0 amide bonds. The Kier molecular flexibility index (Phi) is 8.43. The fraction of sp³-hybridized carbons (Fsp3) is 0.812. The number of rotatable bonds is 6. The van der Waals surface area contributed by atoms with Crippen LogP contribution in [0.3, 0.4) is 0 Å². The molecule has 37 heavy (non-hydrogen) atoms. The highest BCUT2D eigenvalue weighted by molar-refractivity contribution is 5.64. The van der Waals surface area contributed by atoms with Gasteiger partial charge in [0.05, 0.1) is 6.10 Å². The third-order valence-electron chi connectivity index (χ3n) is 9.72. The molecule has 1 saturated carbocycles. The summed E-state index contributed by atoms with van der Waals surface area (Å²) in [7, 11) is 1.86. The van der Waals surface area contributed by atoms with Gasteiger partial charge in [0, 0.05) is 77.5 Å². The summed E-state index contributed by atoms with van der Waals surface area (Å²) in [5, 5.41) is 0. The third-order valence-corrected chi connectivity index (χ3v) is 9.72. The quantitative estimate of drug-likeness (QED) is 0.455. The molecule has 0 radical (unpaired) electrons. The van der Waals surface area contributed by atoms with Crippen LogP contribution in [0.4, 0.5) is 11.4 Å². The number of benzene rings is 1. The number of piperidine rings is 1. The Balaban J connectivity index is 1.35. The lowest BCUT2D eigenvalue weighted by Gasteiger charge is -2.47. The van der Waals surface area contributed by atoms with Crippen LogP contribution in [0.1, 0.15) is 84.1 Å². The molecule has 1 aromatic rings. The highest BCUT2D eigenvalue weighted by Gasteiger charge is 2.40. The predicted octanol–water partition coefficient (Wildman–Crippen LogP) is 6.17. The molecule has 0 N–H and O–H groups in total. The first kappa shape index (κ1) is 27.3. The Morgan fingerprint density at radius 2 is 1.49 bits per heavy atom. The Bertz CT molecular complexity index is 862. The van der Waals surface area contributed by atoms with Crippen LogP contribution in [0.25, 0.3) is 0 Å². The molecule has 0 spiro atoms. The van der Waals surface area contributed by atoms with Crippen molar-refractivity contribution < 1.29 is 9.47 Å². The maximum absolute atomic E-state index is 5.65. The molecule has 5 nitrogen and oxygen atoms in total.